The molecule has 3 aliphatic heterocycles. The highest BCUT2D eigenvalue weighted by atomic mass is 32.2. The van der Waals surface area contributed by atoms with Crippen LogP contribution in [0.2, 0.25) is 0 Å². The highest BCUT2D eigenvalue weighted by Gasteiger charge is 2.45. The first-order valence-corrected chi connectivity index (χ1v) is 17.8. The molecule has 3 aromatic rings. The van der Waals surface area contributed by atoms with Gasteiger partial charge in [-0.05, 0) is 54.2 Å². The van der Waals surface area contributed by atoms with Crippen LogP contribution in [0.3, 0.4) is 0 Å². The van der Waals surface area contributed by atoms with Gasteiger partial charge in [-0.3, -0.25) is 0 Å². The Morgan fingerprint density at radius 1 is 1.00 bits per heavy atom. The zero-order valence-corrected chi connectivity index (χ0v) is 28.4. The fraction of sp³-hybridized carbons (Fsp3) is 0.457. The molecular weight excluding hydrogens is 678 g/mol. The average Bonchev–Trinajstić information content (AvgIpc) is 3.78. The van der Waals surface area contributed by atoms with Crippen LogP contribution in [0.25, 0.3) is 0 Å². The summed E-state index contributed by atoms with van der Waals surface area (Å²) in [6, 6.07) is 19.0. The molecule has 1 amide bonds. The number of nitrogens with one attached hydrogen (secondary N) is 1. The molecule has 3 aliphatic rings. The van der Waals surface area contributed by atoms with E-state index in [1.807, 2.05) is 30.3 Å². The van der Waals surface area contributed by atoms with Gasteiger partial charge >= 0.3 is 12.4 Å². The van der Waals surface area contributed by atoms with E-state index in [1.54, 1.807) is 38.1 Å². The summed E-state index contributed by atoms with van der Waals surface area (Å²) in [6.07, 6.45) is -6.34. The molecule has 0 spiro atoms. The molecule has 2 fully saturated rings. The number of alkyl carbamates (subject to hydrolysis) is 1. The highest BCUT2D eigenvalue weighted by Crippen LogP contribution is 2.42. The summed E-state index contributed by atoms with van der Waals surface area (Å²) in [5, 5.41) is 14.4. The van der Waals surface area contributed by atoms with E-state index in [4.69, 9.17) is 18.9 Å². The number of nitrogens with zero attached hydrogens (tertiary/aromatic N) is 1. The van der Waals surface area contributed by atoms with Gasteiger partial charge in [-0.25, -0.2) is 13.2 Å². The van der Waals surface area contributed by atoms with Gasteiger partial charge in [0.25, 0.3) is 0 Å². The van der Waals surface area contributed by atoms with Crippen molar-refractivity contribution >= 4 is 16.1 Å². The fourth-order valence-electron chi connectivity index (χ4n) is 6.12. The van der Waals surface area contributed by atoms with Crippen LogP contribution < -0.4 is 19.5 Å². The Morgan fingerprint density at radius 2 is 1.74 bits per heavy atom. The van der Waals surface area contributed by atoms with Crippen LogP contribution in [0.15, 0.2) is 77.7 Å². The Labute approximate surface area is 289 Å². The molecule has 270 valence electrons. The standard InChI is InChI=1S/C35H40F2N2O10S/c1-22(2)18-39(50(42,43)26-12-13-30-31(17-26)49-35(36,37)48-30)19-29(40)28(38-34(41)47-32-21-46-33-27(32)14-15-44-33)16-23-8-10-25(11-9-23)45-20-24-6-4-3-5-7-24/h3-13,17,22,27-29,32-33,40H,14-16,18-21H2,1-2H3,(H,38,41)/t27?,28-,29+,32?,33?/m0/s1. The van der Waals surface area contributed by atoms with Gasteiger partial charge in [0.2, 0.25) is 10.0 Å². The maximum Gasteiger partial charge on any atom is 0.586 e. The van der Waals surface area contributed by atoms with Crippen LogP contribution in [0.4, 0.5) is 13.6 Å². The number of carbonyl (C=O) groups is 1. The molecule has 5 atom stereocenters. The SMILES string of the molecule is CC(C)CN(C[C@@H](O)[C@H](Cc1ccc(OCc2ccccc2)cc1)NC(=O)OC1COC2OCCC12)S(=O)(=O)c1ccc2c(c1)OC(F)(F)O2. The number of ether oxygens (including phenoxy) is 6. The minimum absolute atomic E-state index is 0.0168. The number of rotatable bonds is 14. The van der Waals surface area contributed by atoms with E-state index in [0.717, 1.165) is 33.6 Å². The van der Waals surface area contributed by atoms with E-state index in [9.17, 15) is 27.1 Å². The molecule has 0 radical (unpaired) electrons. The van der Waals surface area contributed by atoms with E-state index in [2.05, 4.69) is 14.8 Å². The molecule has 0 aliphatic carbocycles. The second-order valence-electron chi connectivity index (χ2n) is 12.9. The molecule has 0 saturated carbocycles. The predicted octanol–water partition coefficient (Wildman–Crippen LogP) is 4.69. The van der Waals surface area contributed by atoms with Gasteiger partial charge in [0.1, 0.15) is 18.5 Å². The van der Waals surface area contributed by atoms with Crippen LogP contribution >= 0.6 is 0 Å². The molecule has 2 N–H and O–H groups in total. The van der Waals surface area contributed by atoms with Crippen molar-refractivity contribution in [1.29, 1.82) is 0 Å². The summed E-state index contributed by atoms with van der Waals surface area (Å²) < 4.78 is 87.7. The van der Waals surface area contributed by atoms with Gasteiger partial charge in [0.15, 0.2) is 17.8 Å². The Hall–Kier alpha value is -4.02. The number of benzene rings is 3. The number of fused-ring (bicyclic) bond motifs is 2. The minimum atomic E-state index is -4.35. The van der Waals surface area contributed by atoms with E-state index >= 15 is 0 Å². The fourth-order valence-corrected chi connectivity index (χ4v) is 7.76. The van der Waals surface area contributed by atoms with Crippen molar-refractivity contribution in [1.82, 2.24) is 9.62 Å². The lowest BCUT2D eigenvalue weighted by Crippen LogP contribution is -2.51. The molecule has 2 saturated heterocycles. The first-order valence-electron chi connectivity index (χ1n) is 16.4. The third kappa shape index (κ3) is 8.64. The van der Waals surface area contributed by atoms with Crippen molar-refractivity contribution in [3.8, 4) is 17.2 Å². The zero-order chi connectivity index (χ0) is 35.5. The van der Waals surface area contributed by atoms with E-state index in [1.165, 1.54) is 0 Å². The van der Waals surface area contributed by atoms with Crippen LogP contribution in [-0.4, -0.2) is 81.1 Å². The zero-order valence-electron chi connectivity index (χ0n) is 27.6. The van der Waals surface area contributed by atoms with Crippen molar-refractivity contribution in [2.45, 2.75) is 69.0 Å². The van der Waals surface area contributed by atoms with Crippen LogP contribution in [-0.2, 0) is 37.3 Å². The third-order valence-corrected chi connectivity index (χ3v) is 10.4. The number of hydrogen-bond donors (Lipinski definition) is 2. The quantitative estimate of drug-likeness (QED) is 0.241. The summed E-state index contributed by atoms with van der Waals surface area (Å²) in [6.45, 7) is 4.19. The lowest BCUT2D eigenvalue weighted by atomic mass is 10.0. The Kier molecular flexibility index (Phi) is 10.8. The topological polar surface area (TPSA) is 142 Å². The second-order valence-corrected chi connectivity index (χ2v) is 14.8. The third-order valence-electron chi connectivity index (χ3n) is 8.61. The van der Waals surface area contributed by atoms with Gasteiger partial charge in [0.05, 0.1) is 36.2 Å². The maximum absolute atomic E-state index is 13.9. The summed E-state index contributed by atoms with van der Waals surface area (Å²) in [5.41, 5.74) is 1.73. The molecule has 15 heteroatoms. The van der Waals surface area contributed by atoms with E-state index in [0.29, 0.717) is 25.4 Å². The number of carbonyl (C=O) groups excluding carboxylic acids is 1. The first kappa shape index (κ1) is 35.8. The largest absolute Gasteiger partial charge is 0.586 e. The van der Waals surface area contributed by atoms with Crippen molar-refractivity contribution in [3.05, 3.63) is 83.9 Å². The number of alkyl halides is 2. The number of sulfonamides is 1. The normalized spacial score (nSPS) is 21.9. The molecule has 3 unspecified atom stereocenters. The van der Waals surface area contributed by atoms with Crippen LogP contribution in [0, 0.1) is 11.8 Å². The van der Waals surface area contributed by atoms with Gasteiger partial charge in [-0.1, -0.05) is 56.3 Å². The molecule has 3 heterocycles. The van der Waals surface area contributed by atoms with Crippen molar-refractivity contribution in [2.24, 2.45) is 11.8 Å². The number of amides is 1. The molecule has 6 rings (SSSR count). The summed E-state index contributed by atoms with van der Waals surface area (Å²) in [4.78, 5) is 12.9. The van der Waals surface area contributed by atoms with Crippen molar-refractivity contribution < 1.29 is 55.5 Å². The smallest absolute Gasteiger partial charge is 0.489 e. The van der Waals surface area contributed by atoms with E-state index in [-0.39, 0.29) is 42.1 Å². The monoisotopic (exact) mass is 718 g/mol. The lowest BCUT2D eigenvalue weighted by Gasteiger charge is -2.31. The number of hydrogen-bond acceptors (Lipinski definition) is 10. The number of aliphatic hydroxyl groups is 1. The Balaban J connectivity index is 1.19. The molecule has 50 heavy (non-hydrogen) atoms. The predicted molar refractivity (Wildman–Crippen MR) is 174 cm³/mol. The molecule has 3 aromatic carbocycles. The molecular formula is C35H40F2N2O10S. The summed E-state index contributed by atoms with van der Waals surface area (Å²) >= 11 is 0. The van der Waals surface area contributed by atoms with Crippen LogP contribution in [0.5, 0.6) is 17.2 Å². The van der Waals surface area contributed by atoms with Crippen molar-refractivity contribution in [2.75, 3.05) is 26.3 Å². The minimum Gasteiger partial charge on any atom is -0.489 e. The summed E-state index contributed by atoms with van der Waals surface area (Å²) in [7, 11) is -4.35. The van der Waals surface area contributed by atoms with Gasteiger partial charge in [0, 0.05) is 19.2 Å². The second kappa shape index (κ2) is 15.1. The molecule has 0 aromatic heterocycles. The van der Waals surface area contributed by atoms with Gasteiger partial charge in [-0.15, -0.1) is 8.78 Å². The van der Waals surface area contributed by atoms with Gasteiger partial charge < -0.3 is 38.8 Å². The van der Waals surface area contributed by atoms with E-state index < -0.39 is 59.2 Å². The lowest BCUT2D eigenvalue weighted by molar-refractivity contribution is -0.286. The number of halogens is 2. The first-order chi connectivity index (χ1) is 23.9. The number of aliphatic hydroxyl groups excluding tert-OH is 1. The summed E-state index contributed by atoms with van der Waals surface area (Å²) in [5.74, 6) is -0.399. The average molecular weight is 719 g/mol. The van der Waals surface area contributed by atoms with Crippen LogP contribution in [0.1, 0.15) is 31.4 Å². The molecule has 0 bridgehead atoms. The molecule has 12 nitrogen and oxygen atoms in total. The maximum atomic E-state index is 13.9. The highest BCUT2D eigenvalue weighted by molar-refractivity contribution is 7.89. The van der Waals surface area contributed by atoms with Crippen molar-refractivity contribution in [3.63, 3.8) is 0 Å². The van der Waals surface area contributed by atoms with Gasteiger partial charge in [-0.2, -0.15) is 4.31 Å². The Morgan fingerprint density at radius 3 is 2.48 bits per heavy atom. The Bertz CT molecular complexity index is 1730.